The summed E-state index contributed by atoms with van der Waals surface area (Å²) in [6, 6.07) is 0. The Morgan fingerprint density at radius 1 is 1.10 bits per heavy atom. The van der Waals surface area contributed by atoms with E-state index in [1.54, 1.807) is 0 Å². The average Bonchev–Trinajstić information content (AvgIpc) is 2.77. The Hall–Kier alpha value is -0.940. The molecular formula is C16H28O5. The number of rotatable bonds is 6. The number of esters is 2. The van der Waals surface area contributed by atoms with E-state index in [2.05, 4.69) is 0 Å². The molecule has 2 aliphatic rings. The van der Waals surface area contributed by atoms with Gasteiger partial charge in [0.2, 0.25) is 0 Å². The number of aliphatic hydroxyl groups excluding tert-OH is 2. The molecule has 122 valence electrons. The van der Waals surface area contributed by atoms with Gasteiger partial charge in [0.1, 0.15) is 0 Å². The van der Waals surface area contributed by atoms with Crippen LogP contribution in [0.1, 0.15) is 64.7 Å². The number of hydrogen-bond donors (Lipinski definition) is 2. The lowest BCUT2D eigenvalue weighted by Crippen LogP contribution is -2.36. The summed E-state index contributed by atoms with van der Waals surface area (Å²) >= 11 is 0. The van der Waals surface area contributed by atoms with E-state index < -0.39 is 5.41 Å². The molecule has 2 N–H and O–H groups in total. The maximum atomic E-state index is 11.5. The highest BCUT2D eigenvalue weighted by Crippen LogP contribution is 2.49. The summed E-state index contributed by atoms with van der Waals surface area (Å²) in [7, 11) is 0. The largest absolute Gasteiger partial charge is 0.396 e. The summed E-state index contributed by atoms with van der Waals surface area (Å²) in [6.07, 6.45) is 8.33. The quantitative estimate of drug-likeness (QED) is 0.446. The van der Waals surface area contributed by atoms with Crippen molar-refractivity contribution in [1.29, 1.82) is 0 Å². The Morgan fingerprint density at radius 3 is 2.19 bits per heavy atom. The van der Waals surface area contributed by atoms with Crippen molar-refractivity contribution in [3.8, 4) is 0 Å². The Balaban J connectivity index is 0.000000240. The molecular weight excluding hydrogens is 272 g/mol. The third kappa shape index (κ3) is 4.51. The van der Waals surface area contributed by atoms with Crippen LogP contribution < -0.4 is 0 Å². The van der Waals surface area contributed by atoms with Crippen LogP contribution in [0.5, 0.6) is 0 Å². The standard InChI is InChI=1S/C10H14O3.C6H14O2/c1-2-10-6-4-3-5-7(10)8(11)13-9(10)12;7-5-3-1-2-4-6-8/h7H,2-6H2,1H3;7-8H,1-6H2. The molecule has 0 bridgehead atoms. The summed E-state index contributed by atoms with van der Waals surface area (Å²) in [5, 5.41) is 16.6. The lowest BCUT2D eigenvalue weighted by atomic mass is 9.66. The lowest BCUT2D eigenvalue weighted by molar-refractivity contribution is -0.155. The summed E-state index contributed by atoms with van der Waals surface area (Å²) < 4.78 is 4.72. The van der Waals surface area contributed by atoms with Crippen LogP contribution in [0.25, 0.3) is 0 Å². The summed E-state index contributed by atoms with van der Waals surface area (Å²) in [5.41, 5.74) is -0.449. The van der Waals surface area contributed by atoms with Crippen LogP contribution in [0, 0.1) is 11.3 Å². The minimum Gasteiger partial charge on any atom is -0.396 e. The van der Waals surface area contributed by atoms with Crippen molar-refractivity contribution in [2.45, 2.75) is 64.7 Å². The van der Waals surface area contributed by atoms with E-state index in [0.29, 0.717) is 0 Å². The minimum absolute atomic E-state index is 0.140. The molecule has 5 heteroatoms. The number of hydrogen-bond acceptors (Lipinski definition) is 5. The number of unbranched alkanes of at least 4 members (excludes halogenated alkanes) is 3. The number of cyclic esters (lactones) is 2. The van der Waals surface area contributed by atoms with Gasteiger partial charge in [-0.3, -0.25) is 9.59 Å². The zero-order valence-corrected chi connectivity index (χ0v) is 13.0. The molecule has 2 unspecified atom stereocenters. The second kappa shape index (κ2) is 9.15. The molecule has 0 aromatic heterocycles. The Morgan fingerprint density at radius 2 is 1.71 bits per heavy atom. The molecule has 1 aliphatic heterocycles. The predicted molar refractivity (Wildman–Crippen MR) is 78.4 cm³/mol. The molecule has 1 aliphatic carbocycles. The van der Waals surface area contributed by atoms with Gasteiger partial charge in [-0.15, -0.1) is 0 Å². The zero-order valence-electron chi connectivity index (χ0n) is 13.0. The van der Waals surface area contributed by atoms with Crippen molar-refractivity contribution in [3.63, 3.8) is 0 Å². The van der Waals surface area contributed by atoms with Gasteiger partial charge in [-0.1, -0.05) is 32.6 Å². The van der Waals surface area contributed by atoms with Gasteiger partial charge in [-0.25, -0.2) is 0 Å². The van der Waals surface area contributed by atoms with E-state index in [4.69, 9.17) is 14.9 Å². The maximum Gasteiger partial charge on any atom is 0.320 e. The van der Waals surface area contributed by atoms with E-state index in [-0.39, 0.29) is 31.1 Å². The van der Waals surface area contributed by atoms with Crippen molar-refractivity contribution in [2.24, 2.45) is 11.3 Å². The maximum absolute atomic E-state index is 11.5. The van der Waals surface area contributed by atoms with Gasteiger partial charge in [0.25, 0.3) is 0 Å². The van der Waals surface area contributed by atoms with E-state index in [1.165, 1.54) is 0 Å². The molecule has 1 saturated carbocycles. The summed E-state index contributed by atoms with van der Waals surface area (Å²) in [4.78, 5) is 22.9. The highest BCUT2D eigenvalue weighted by Gasteiger charge is 2.56. The van der Waals surface area contributed by atoms with Crippen molar-refractivity contribution in [3.05, 3.63) is 0 Å². The predicted octanol–water partition coefficient (Wildman–Crippen LogP) is 2.19. The topological polar surface area (TPSA) is 83.8 Å². The smallest absolute Gasteiger partial charge is 0.320 e. The second-order valence-corrected chi connectivity index (χ2v) is 5.88. The van der Waals surface area contributed by atoms with Crippen molar-refractivity contribution in [2.75, 3.05) is 13.2 Å². The fourth-order valence-corrected chi connectivity index (χ4v) is 3.24. The molecule has 21 heavy (non-hydrogen) atoms. The van der Waals surface area contributed by atoms with Crippen LogP contribution in [-0.4, -0.2) is 35.4 Å². The normalized spacial score (nSPS) is 27.7. The third-order valence-electron chi connectivity index (χ3n) is 4.61. The first-order chi connectivity index (χ1) is 10.1. The van der Waals surface area contributed by atoms with E-state index >= 15 is 0 Å². The van der Waals surface area contributed by atoms with E-state index in [9.17, 15) is 9.59 Å². The van der Waals surface area contributed by atoms with Gasteiger partial charge in [0.05, 0.1) is 11.3 Å². The van der Waals surface area contributed by atoms with E-state index in [0.717, 1.165) is 57.8 Å². The molecule has 2 rings (SSSR count). The molecule has 5 nitrogen and oxygen atoms in total. The third-order valence-corrected chi connectivity index (χ3v) is 4.61. The minimum atomic E-state index is -0.449. The summed E-state index contributed by atoms with van der Waals surface area (Å²) in [6.45, 7) is 2.54. The van der Waals surface area contributed by atoms with Crippen LogP contribution in [0.2, 0.25) is 0 Å². The van der Waals surface area contributed by atoms with Crippen molar-refractivity contribution >= 4 is 11.9 Å². The highest BCUT2D eigenvalue weighted by atomic mass is 16.6. The first kappa shape index (κ1) is 18.1. The number of carbonyl (C=O) groups excluding carboxylic acids is 2. The van der Waals surface area contributed by atoms with Crippen molar-refractivity contribution in [1.82, 2.24) is 0 Å². The average molecular weight is 300 g/mol. The van der Waals surface area contributed by atoms with E-state index in [1.807, 2.05) is 6.92 Å². The second-order valence-electron chi connectivity index (χ2n) is 5.88. The van der Waals surface area contributed by atoms with Crippen LogP contribution in [0.15, 0.2) is 0 Å². The Labute approximate surface area is 126 Å². The lowest BCUT2D eigenvalue weighted by Gasteiger charge is -2.32. The molecule has 0 aromatic rings. The number of carbonyl (C=O) groups is 2. The molecule has 1 saturated heterocycles. The van der Waals surface area contributed by atoms with Gasteiger partial charge >= 0.3 is 11.9 Å². The van der Waals surface area contributed by atoms with Crippen LogP contribution >= 0.6 is 0 Å². The first-order valence-corrected chi connectivity index (χ1v) is 8.10. The number of fused-ring (bicyclic) bond motifs is 1. The highest BCUT2D eigenvalue weighted by molar-refractivity contribution is 5.99. The van der Waals surface area contributed by atoms with Crippen LogP contribution in [0.4, 0.5) is 0 Å². The summed E-state index contributed by atoms with van der Waals surface area (Å²) in [5.74, 6) is -0.699. The molecule has 0 aromatic carbocycles. The fourth-order valence-electron chi connectivity index (χ4n) is 3.24. The molecule has 0 amide bonds. The molecule has 0 radical (unpaired) electrons. The van der Waals surface area contributed by atoms with Crippen LogP contribution in [-0.2, 0) is 14.3 Å². The van der Waals surface area contributed by atoms with Gasteiger partial charge in [-0.2, -0.15) is 0 Å². The molecule has 1 heterocycles. The molecule has 2 atom stereocenters. The van der Waals surface area contributed by atoms with Gasteiger partial charge in [0, 0.05) is 13.2 Å². The molecule has 2 fully saturated rings. The first-order valence-electron chi connectivity index (χ1n) is 8.10. The van der Waals surface area contributed by atoms with Crippen molar-refractivity contribution < 1.29 is 24.5 Å². The fraction of sp³-hybridized carbons (Fsp3) is 0.875. The SMILES string of the molecule is CCC12CCCCC1C(=O)OC2=O.OCCCCCCO. The Bertz CT molecular complexity index is 336. The monoisotopic (exact) mass is 300 g/mol. The number of aliphatic hydroxyl groups is 2. The van der Waals surface area contributed by atoms with Gasteiger partial charge < -0.3 is 14.9 Å². The number of ether oxygens (including phenoxy) is 1. The van der Waals surface area contributed by atoms with Gasteiger partial charge in [0.15, 0.2) is 0 Å². The van der Waals surface area contributed by atoms with Crippen LogP contribution in [0.3, 0.4) is 0 Å². The zero-order chi connectivity index (χ0) is 15.7. The molecule has 0 spiro atoms. The van der Waals surface area contributed by atoms with Gasteiger partial charge in [-0.05, 0) is 32.1 Å². The Kier molecular flexibility index (Phi) is 7.89.